The first-order chi connectivity index (χ1) is 17.8. The molecule has 0 radical (unpaired) electrons. The van der Waals surface area contributed by atoms with Crippen LogP contribution in [0.1, 0.15) is 78.6 Å². The Balaban J connectivity index is 1.66. The Morgan fingerprint density at radius 3 is 2.27 bits per heavy atom. The highest BCUT2D eigenvalue weighted by molar-refractivity contribution is 5.15. The highest BCUT2D eigenvalue weighted by atomic mass is 16.5. The second-order valence-corrected chi connectivity index (χ2v) is 13.3. The lowest BCUT2D eigenvalue weighted by atomic mass is 9.43. The molecular formula is C30H57N3O4. The second-order valence-electron chi connectivity index (χ2n) is 13.3. The first-order valence-corrected chi connectivity index (χ1v) is 15.4. The highest BCUT2D eigenvalue weighted by Gasteiger charge is 2.66. The Labute approximate surface area is 225 Å². The third-order valence-corrected chi connectivity index (χ3v) is 11.6. The molecule has 0 aromatic rings. The third-order valence-electron chi connectivity index (χ3n) is 11.6. The fourth-order valence-electron chi connectivity index (χ4n) is 9.92. The molecule has 216 valence electrons. The van der Waals surface area contributed by atoms with Crippen LogP contribution in [0.5, 0.6) is 0 Å². The summed E-state index contributed by atoms with van der Waals surface area (Å²) in [6.45, 7) is 11.4. The van der Waals surface area contributed by atoms with E-state index < -0.39 is 0 Å². The Morgan fingerprint density at radius 1 is 0.865 bits per heavy atom. The molecule has 37 heavy (non-hydrogen) atoms. The van der Waals surface area contributed by atoms with E-state index >= 15 is 0 Å². The molecule has 7 nitrogen and oxygen atoms in total. The molecule has 0 aromatic carbocycles. The van der Waals surface area contributed by atoms with Crippen LogP contribution in [-0.4, -0.2) is 69.5 Å². The van der Waals surface area contributed by atoms with Crippen LogP contribution in [0.15, 0.2) is 0 Å². The SMILES string of the molecule is C[C@H](CCCO)[C@H]1CC[C@H]2C3[C@H](OCCN)CC4C[C@H](OCCN)CC[C@]4(C)[C@H]3C[C@H](OCCN)[C@]12C. The van der Waals surface area contributed by atoms with Crippen LogP contribution in [0.4, 0.5) is 0 Å². The van der Waals surface area contributed by atoms with Gasteiger partial charge in [0.2, 0.25) is 0 Å². The molecule has 7 heteroatoms. The molecule has 4 saturated carbocycles. The van der Waals surface area contributed by atoms with Crippen LogP contribution in [0.25, 0.3) is 0 Å². The number of rotatable bonds is 13. The van der Waals surface area contributed by atoms with Crippen molar-refractivity contribution in [3.8, 4) is 0 Å². The quantitative estimate of drug-likeness (QED) is 0.292. The van der Waals surface area contributed by atoms with Crippen molar-refractivity contribution in [2.75, 3.05) is 46.1 Å². The minimum absolute atomic E-state index is 0.111. The fraction of sp³-hybridized carbons (Fsp3) is 1.00. The Bertz CT molecular complexity index is 712. The highest BCUT2D eigenvalue weighted by Crippen LogP contribution is 2.69. The van der Waals surface area contributed by atoms with Gasteiger partial charge in [0.05, 0.1) is 38.1 Å². The van der Waals surface area contributed by atoms with E-state index in [4.69, 9.17) is 31.4 Å². The van der Waals surface area contributed by atoms with Gasteiger partial charge in [-0.3, -0.25) is 0 Å². The number of nitrogens with two attached hydrogens (primary N) is 3. The van der Waals surface area contributed by atoms with Gasteiger partial charge in [-0.05, 0) is 98.7 Å². The Kier molecular flexibility index (Phi) is 10.4. The lowest BCUT2D eigenvalue weighted by Gasteiger charge is -2.64. The van der Waals surface area contributed by atoms with Gasteiger partial charge in [-0.2, -0.15) is 0 Å². The summed E-state index contributed by atoms with van der Waals surface area (Å²) in [5, 5.41) is 9.52. The molecule has 0 aliphatic heterocycles. The maximum Gasteiger partial charge on any atom is 0.0637 e. The zero-order chi connectivity index (χ0) is 26.6. The van der Waals surface area contributed by atoms with Crippen molar-refractivity contribution in [2.24, 2.45) is 63.5 Å². The van der Waals surface area contributed by atoms with Gasteiger partial charge in [0.25, 0.3) is 0 Å². The van der Waals surface area contributed by atoms with Crippen LogP contribution in [0.2, 0.25) is 0 Å². The number of hydrogen-bond donors (Lipinski definition) is 4. The molecule has 11 atom stereocenters. The summed E-state index contributed by atoms with van der Waals surface area (Å²) >= 11 is 0. The number of aliphatic hydroxyl groups is 1. The van der Waals surface area contributed by atoms with E-state index in [1.54, 1.807) is 0 Å². The van der Waals surface area contributed by atoms with Crippen molar-refractivity contribution < 1.29 is 19.3 Å². The summed E-state index contributed by atoms with van der Waals surface area (Å²) < 4.78 is 19.6. The van der Waals surface area contributed by atoms with Crippen molar-refractivity contribution in [1.29, 1.82) is 0 Å². The molecule has 2 unspecified atom stereocenters. The van der Waals surface area contributed by atoms with E-state index in [2.05, 4.69) is 20.8 Å². The standard InChI is InChI=1S/C30H57N3O4/c1-20(5-4-13-34)23-6-7-24-28-25(19-27(30(23,24)3)37-16-12-33)29(2)9-8-22(35-14-10-31)17-21(29)18-26(28)36-15-11-32/h20-28,34H,4-19,31-33H2,1-3H3/t20-,21?,22-,23-,24+,25+,26-,27+,28?,29+,30-/m1/s1. The zero-order valence-electron chi connectivity index (χ0n) is 23.9. The van der Waals surface area contributed by atoms with Crippen molar-refractivity contribution in [1.82, 2.24) is 0 Å². The van der Waals surface area contributed by atoms with Crippen molar-refractivity contribution >= 4 is 0 Å². The van der Waals surface area contributed by atoms with Gasteiger partial charge in [0.1, 0.15) is 0 Å². The van der Waals surface area contributed by atoms with Crippen LogP contribution in [-0.2, 0) is 14.2 Å². The smallest absolute Gasteiger partial charge is 0.0637 e. The molecule has 0 aromatic heterocycles. The van der Waals surface area contributed by atoms with Crippen molar-refractivity contribution in [3.05, 3.63) is 0 Å². The van der Waals surface area contributed by atoms with Gasteiger partial charge < -0.3 is 36.5 Å². The maximum atomic E-state index is 9.52. The summed E-state index contributed by atoms with van der Waals surface area (Å²) in [6, 6.07) is 0. The minimum atomic E-state index is 0.111. The van der Waals surface area contributed by atoms with E-state index in [9.17, 15) is 5.11 Å². The molecule has 0 spiro atoms. The zero-order valence-corrected chi connectivity index (χ0v) is 23.9. The molecular weight excluding hydrogens is 466 g/mol. The van der Waals surface area contributed by atoms with Crippen LogP contribution >= 0.6 is 0 Å². The van der Waals surface area contributed by atoms with Gasteiger partial charge in [-0.25, -0.2) is 0 Å². The molecule has 7 N–H and O–H groups in total. The fourth-order valence-corrected chi connectivity index (χ4v) is 9.92. The average molecular weight is 524 g/mol. The number of fused-ring (bicyclic) bond motifs is 5. The van der Waals surface area contributed by atoms with Gasteiger partial charge in [-0.15, -0.1) is 0 Å². The summed E-state index contributed by atoms with van der Waals surface area (Å²) in [5.74, 6) is 3.49. The Morgan fingerprint density at radius 2 is 1.57 bits per heavy atom. The van der Waals surface area contributed by atoms with Crippen molar-refractivity contribution in [3.63, 3.8) is 0 Å². The van der Waals surface area contributed by atoms with Gasteiger partial charge in [0, 0.05) is 31.7 Å². The second kappa shape index (κ2) is 12.9. The monoisotopic (exact) mass is 523 g/mol. The first-order valence-electron chi connectivity index (χ1n) is 15.4. The molecule has 4 rings (SSSR count). The number of aliphatic hydroxyl groups excluding tert-OH is 1. The lowest BCUT2D eigenvalue weighted by Crippen LogP contribution is -2.63. The molecule has 0 heterocycles. The largest absolute Gasteiger partial charge is 0.396 e. The van der Waals surface area contributed by atoms with E-state index in [1.165, 1.54) is 19.3 Å². The molecule has 4 aliphatic carbocycles. The normalized spacial score (nSPS) is 44.2. The summed E-state index contributed by atoms with van der Waals surface area (Å²) in [4.78, 5) is 0. The topological polar surface area (TPSA) is 126 Å². The predicted molar refractivity (Wildman–Crippen MR) is 148 cm³/mol. The van der Waals surface area contributed by atoms with Crippen LogP contribution in [0.3, 0.4) is 0 Å². The third kappa shape index (κ3) is 5.66. The lowest BCUT2D eigenvalue weighted by molar-refractivity contribution is -0.226. The van der Waals surface area contributed by atoms with E-state index in [0.29, 0.717) is 81.1 Å². The van der Waals surface area contributed by atoms with Crippen molar-refractivity contribution in [2.45, 2.75) is 96.9 Å². The minimum Gasteiger partial charge on any atom is -0.396 e. The van der Waals surface area contributed by atoms with E-state index in [1.807, 2.05) is 0 Å². The van der Waals surface area contributed by atoms with Gasteiger partial charge >= 0.3 is 0 Å². The first kappa shape index (κ1) is 29.7. The summed E-state index contributed by atoms with van der Waals surface area (Å²) in [5.41, 5.74) is 18.1. The molecule has 0 saturated heterocycles. The van der Waals surface area contributed by atoms with E-state index in [-0.39, 0.29) is 29.6 Å². The van der Waals surface area contributed by atoms with Gasteiger partial charge in [-0.1, -0.05) is 20.8 Å². The number of hydrogen-bond acceptors (Lipinski definition) is 7. The molecule has 0 bridgehead atoms. The molecule has 0 amide bonds. The maximum absolute atomic E-state index is 9.52. The van der Waals surface area contributed by atoms with Crippen LogP contribution < -0.4 is 17.2 Å². The van der Waals surface area contributed by atoms with E-state index in [0.717, 1.165) is 38.5 Å². The molecule has 4 aliphatic rings. The summed E-state index contributed by atoms with van der Waals surface area (Å²) in [6.07, 6.45) is 10.9. The molecule has 4 fully saturated rings. The van der Waals surface area contributed by atoms with Crippen LogP contribution in [0, 0.1) is 46.3 Å². The average Bonchev–Trinajstić information content (AvgIpc) is 3.26. The van der Waals surface area contributed by atoms with Gasteiger partial charge in [0.15, 0.2) is 0 Å². The Hall–Kier alpha value is -0.280. The summed E-state index contributed by atoms with van der Waals surface area (Å²) in [7, 11) is 0. The predicted octanol–water partition coefficient (Wildman–Crippen LogP) is 3.31. The number of ether oxygens (including phenoxy) is 3.